The highest BCUT2D eigenvalue weighted by Gasteiger charge is 2.44. The number of phosphoric acid groups is 2. The minimum Gasteiger partial charge on any atom is -0.396 e. The van der Waals surface area contributed by atoms with Gasteiger partial charge in [-0.15, -0.1) is 0 Å². The van der Waals surface area contributed by atoms with E-state index in [0.717, 1.165) is 26.4 Å². The number of aromatic nitrogens is 4. The highest BCUT2D eigenvalue weighted by molar-refractivity contribution is 7.47. The van der Waals surface area contributed by atoms with Crippen molar-refractivity contribution in [1.29, 1.82) is 0 Å². The van der Waals surface area contributed by atoms with Crippen molar-refractivity contribution in [3.05, 3.63) is 12.7 Å². The Morgan fingerprint density at radius 2 is 1.13 bits per heavy atom. The van der Waals surface area contributed by atoms with E-state index in [-0.39, 0.29) is 164 Å². The summed E-state index contributed by atoms with van der Waals surface area (Å²) in [4.78, 5) is 125. The van der Waals surface area contributed by atoms with Gasteiger partial charge in [0.25, 0.3) is 0 Å². The highest BCUT2D eigenvalue weighted by atomic mass is 31.2. The number of unbranched alkanes of at least 4 members (excludes halogenated alkanes) is 11. The summed E-state index contributed by atoms with van der Waals surface area (Å²) in [5.41, 5.74) is 11.1. The van der Waals surface area contributed by atoms with Crippen LogP contribution in [0.1, 0.15) is 205 Å². The summed E-state index contributed by atoms with van der Waals surface area (Å²) in [7, 11) is -8.28. The fraction of sp³-hybridized carbons (Fsp3) is 0.810. The standard InChI is InChI=1S/C63H109N9O21P2/c1-87-94(83,84)91-41-48-37-49(72-47-69-60-61(65)67-46-68-62(60)72)39-56(48)93-95(85,86)92-42-50-38-55(79)40-71(50)59(82)26-10-5-3-2-4-9-25-58(81)70-63(44-89-35-28-54(78)21-11-15-30-64,43-88-34-27-53(77)20-8-6-7-19-51(75)23-13-17-32-73)45-90-36-29-57(80)66-31-16-12-22-52(76)24-14-18-33-74/h46-50,55-56,73-74,79H,2-45,64H2,1H3,(H,66,80)(H,70,81)(H,83,84)(H,85,86)(H2,65,67,68)/t48-,49-,50+,55-,56+,63?/m1/s1. The van der Waals surface area contributed by atoms with E-state index in [0.29, 0.717) is 153 Å². The average Bonchev–Trinajstić information content (AvgIpc) is 1.64. The highest BCUT2D eigenvalue weighted by Crippen LogP contribution is 2.52. The van der Waals surface area contributed by atoms with E-state index in [9.17, 15) is 57.6 Å². The second kappa shape index (κ2) is 46.6. The summed E-state index contributed by atoms with van der Waals surface area (Å²) in [6.45, 7) is -0.123. The molecule has 0 spiro atoms. The van der Waals surface area contributed by atoms with Crippen molar-refractivity contribution < 1.29 is 100 Å². The molecule has 1 saturated carbocycles. The number of carbonyl (C=O) groups excluding carboxylic acids is 7. The normalized spacial score (nSPS) is 19.1. The van der Waals surface area contributed by atoms with Gasteiger partial charge in [-0.2, -0.15) is 0 Å². The van der Waals surface area contributed by atoms with E-state index >= 15 is 0 Å². The molecule has 2 aliphatic rings. The van der Waals surface area contributed by atoms with Crippen LogP contribution < -0.4 is 22.1 Å². The Hall–Kier alpha value is -4.62. The van der Waals surface area contributed by atoms with Crippen molar-refractivity contribution in [2.45, 2.75) is 229 Å². The van der Waals surface area contributed by atoms with Gasteiger partial charge >= 0.3 is 15.6 Å². The van der Waals surface area contributed by atoms with Crippen LogP contribution in [-0.4, -0.2) is 207 Å². The van der Waals surface area contributed by atoms with Crippen molar-refractivity contribution in [3.63, 3.8) is 0 Å². The third-order valence-electron chi connectivity index (χ3n) is 16.8. The number of hydrogen-bond acceptors (Lipinski definition) is 24. The van der Waals surface area contributed by atoms with Crippen LogP contribution in [0.15, 0.2) is 12.7 Å². The monoisotopic (exact) mass is 1390 g/mol. The summed E-state index contributed by atoms with van der Waals surface area (Å²) >= 11 is 0. The van der Waals surface area contributed by atoms with E-state index < -0.39 is 58.0 Å². The fourth-order valence-electron chi connectivity index (χ4n) is 11.5. The number of aliphatic hydroxyl groups is 3. The Balaban J connectivity index is 1.28. The zero-order valence-electron chi connectivity index (χ0n) is 55.7. The van der Waals surface area contributed by atoms with Crippen molar-refractivity contribution in [1.82, 2.24) is 35.1 Å². The lowest BCUT2D eigenvalue weighted by molar-refractivity contribution is -0.133. The Kier molecular flexibility index (Phi) is 40.6. The molecule has 1 aliphatic carbocycles. The van der Waals surface area contributed by atoms with Gasteiger partial charge in [0, 0.05) is 116 Å². The molecule has 3 unspecified atom stereocenters. The van der Waals surface area contributed by atoms with Gasteiger partial charge in [-0.1, -0.05) is 32.1 Å². The molecule has 1 saturated heterocycles. The van der Waals surface area contributed by atoms with E-state index in [1.54, 1.807) is 4.57 Å². The molecule has 542 valence electrons. The van der Waals surface area contributed by atoms with Crippen molar-refractivity contribution in [2.24, 2.45) is 11.7 Å². The number of nitrogens with one attached hydrogen (secondary N) is 2. The minimum absolute atomic E-state index is 0.00163. The zero-order valence-corrected chi connectivity index (χ0v) is 57.5. The van der Waals surface area contributed by atoms with Gasteiger partial charge in [0.05, 0.1) is 77.4 Å². The number of rotatable bonds is 58. The van der Waals surface area contributed by atoms with Gasteiger partial charge in [0.15, 0.2) is 11.5 Å². The summed E-state index contributed by atoms with van der Waals surface area (Å²) in [6, 6.07) is -1.16. The Morgan fingerprint density at radius 1 is 0.611 bits per heavy atom. The van der Waals surface area contributed by atoms with Crippen LogP contribution in [0.3, 0.4) is 0 Å². The molecular formula is C63H109N9O21P2. The van der Waals surface area contributed by atoms with Crippen LogP contribution >= 0.6 is 15.6 Å². The second-order valence-electron chi connectivity index (χ2n) is 24.9. The first-order valence-electron chi connectivity index (χ1n) is 34.0. The number of imidazole rings is 1. The summed E-state index contributed by atoms with van der Waals surface area (Å²) in [5, 5.41) is 34.5. The van der Waals surface area contributed by atoms with Crippen LogP contribution in [0.2, 0.25) is 0 Å². The molecule has 4 rings (SSSR count). The maximum Gasteiger partial charge on any atom is 0.472 e. The topological polar surface area (TPSA) is 442 Å². The lowest BCUT2D eigenvalue weighted by Gasteiger charge is -2.34. The first kappa shape index (κ1) is 82.8. The van der Waals surface area contributed by atoms with Gasteiger partial charge < -0.3 is 70.9 Å². The number of amides is 3. The van der Waals surface area contributed by atoms with Crippen molar-refractivity contribution in [3.8, 4) is 0 Å². The van der Waals surface area contributed by atoms with Gasteiger partial charge in [0.1, 0.15) is 40.5 Å². The predicted octanol–water partition coefficient (Wildman–Crippen LogP) is 5.75. The predicted molar refractivity (Wildman–Crippen MR) is 350 cm³/mol. The number of ketones is 4. The Morgan fingerprint density at radius 3 is 1.72 bits per heavy atom. The van der Waals surface area contributed by atoms with E-state index in [4.69, 9.17) is 49.5 Å². The molecule has 3 heterocycles. The van der Waals surface area contributed by atoms with Crippen LogP contribution in [0.4, 0.5) is 5.82 Å². The van der Waals surface area contributed by atoms with E-state index in [1.807, 2.05) is 0 Å². The van der Waals surface area contributed by atoms with Crippen molar-refractivity contribution in [2.75, 3.05) is 98.5 Å². The number of likely N-dealkylation sites (tertiary alicyclic amines) is 1. The Labute approximate surface area is 558 Å². The van der Waals surface area contributed by atoms with Crippen LogP contribution in [0.25, 0.3) is 11.2 Å². The molecule has 1 aliphatic heterocycles. The molecule has 2 aromatic rings. The molecule has 30 nitrogen and oxygen atoms in total. The molecule has 0 radical (unpaired) electrons. The third-order valence-corrected chi connectivity index (χ3v) is 18.8. The molecule has 32 heteroatoms. The molecule has 95 heavy (non-hydrogen) atoms. The maximum atomic E-state index is 13.9. The molecule has 0 bridgehead atoms. The quantitative estimate of drug-likeness (QED) is 0.0281. The number of ether oxygens (including phenoxy) is 3. The summed E-state index contributed by atoms with van der Waals surface area (Å²) in [6.07, 6.45) is 15.2. The van der Waals surface area contributed by atoms with Gasteiger partial charge in [-0.25, -0.2) is 24.1 Å². The van der Waals surface area contributed by atoms with E-state index in [1.165, 1.54) is 17.6 Å². The molecule has 3 amide bonds. The zero-order chi connectivity index (χ0) is 69.3. The number of carbonyl (C=O) groups is 7. The number of hydrogen-bond donors (Lipinski definition) is 9. The molecule has 2 fully saturated rings. The molecular weight excluding hydrogens is 1280 g/mol. The SMILES string of the molecule is COP(=O)(O)OC[C@H]1C[C@@H](n2cnc3c(N)ncnc32)C[C@@H]1OP(=O)(O)OC[C@@H]1C[C@@H](O)CN1C(=O)CCCCCCCCC(=O)NC(COCCC(=O)CCCCN)(COCCC(=O)CCCCCC(=O)CCCCO)COCCC(=O)NCCCCC(=O)CCCCO. The molecule has 8 atom stereocenters. The number of β-amino-alcohol motifs (C(OH)–C–C–N with tert-alkyl or cyclic N) is 1. The fourth-order valence-corrected chi connectivity index (χ4v) is 13.0. The van der Waals surface area contributed by atoms with Crippen LogP contribution in [-0.2, 0) is 75.0 Å². The van der Waals surface area contributed by atoms with Crippen LogP contribution in [0.5, 0.6) is 0 Å². The lowest BCUT2D eigenvalue weighted by Crippen LogP contribution is -2.58. The summed E-state index contributed by atoms with van der Waals surface area (Å²) < 4.78 is 66.6. The first-order chi connectivity index (χ1) is 45.6. The minimum atomic E-state index is -4.85. The maximum absolute atomic E-state index is 13.9. The molecule has 0 aromatic carbocycles. The molecule has 2 aromatic heterocycles. The summed E-state index contributed by atoms with van der Waals surface area (Å²) in [5.74, 6) is -1.14. The number of nitrogen functional groups attached to an aromatic ring is 1. The number of fused-ring (bicyclic) bond motifs is 1. The average molecular weight is 1390 g/mol. The Bertz CT molecular complexity index is 2660. The number of nitrogens with zero attached hydrogens (tertiary/aromatic N) is 5. The van der Waals surface area contributed by atoms with Gasteiger partial charge in [0.2, 0.25) is 17.7 Å². The number of anilines is 1. The van der Waals surface area contributed by atoms with Gasteiger partial charge in [-0.3, -0.25) is 51.7 Å². The smallest absolute Gasteiger partial charge is 0.396 e. The largest absolute Gasteiger partial charge is 0.472 e. The van der Waals surface area contributed by atoms with Gasteiger partial charge in [-0.05, 0) is 103 Å². The lowest BCUT2D eigenvalue weighted by atomic mass is 10.0. The number of Topliss-reactive ketones (excluding diaryl/α,β-unsaturated/α-hetero) is 4. The van der Waals surface area contributed by atoms with E-state index in [2.05, 4.69) is 30.1 Å². The second-order valence-corrected chi connectivity index (χ2v) is 27.9. The number of phosphoric ester groups is 2. The molecule has 11 N–H and O–H groups in total. The van der Waals surface area contributed by atoms with Crippen molar-refractivity contribution >= 4 is 73.5 Å². The number of nitrogens with two attached hydrogens (primary N) is 2. The van der Waals surface area contributed by atoms with Crippen LogP contribution in [0, 0.1) is 5.92 Å². The first-order valence-corrected chi connectivity index (χ1v) is 37.0. The number of aliphatic hydroxyl groups excluding tert-OH is 3. The third kappa shape index (κ3) is 34.1.